The van der Waals surface area contributed by atoms with E-state index in [1.54, 1.807) is 18.2 Å². The van der Waals surface area contributed by atoms with E-state index < -0.39 is 6.10 Å². The lowest BCUT2D eigenvalue weighted by Gasteiger charge is -2.23. The number of hydrogen-bond donors (Lipinski definition) is 2. The van der Waals surface area contributed by atoms with Crippen molar-refractivity contribution in [1.29, 1.82) is 0 Å². The van der Waals surface area contributed by atoms with E-state index in [-0.39, 0.29) is 6.61 Å². The molecule has 0 spiro atoms. The number of rotatable bonds is 7. The molecule has 0 aliphatic carbocycles. The molecule has 1 aliphatic rings. The Morgan fingerprint density at radius 3 is 2.62 bits per heavy atom. The van der Waals surface area contributed by atoms with Gasteiger partial charge in [-0.1, -0.05) is 29.3 Å². The molecule has 21 heavy (non-hydrogen) atoms. The van der Waals surface area contributed by atoms with Crippen molar-refractivity contribution in [2.75, 3.05) is 32.9 Å². The Balaban J connectivity index is 1.66. The largest absolute Gasteiger partial charge is 0.488 e. The van der Waals surface area contributed by atoms with Crippen molar-refractivity contribution in [2.24, 2.45) is 5.92 Å². The standard InChI is InChI=1S/C15H21Cl2NO3/c16-13-2-1-3-14(17)15(13)21-10-12(19)9-18-8-11-4-6-20-7-5-11/h1-3,11-12,18-19H,4-10H2. The number of ether oxygens (including phenoxy) is 2. The van der Waals surface area contributed by atoms with E-state index in [0.717, 1.165) is 32.6 Å². The van der Waals surface area contributed by atoms with E-state index in [1.807, 2.05) is 0 Å². The normalized spacial score (nSPS) is 17.7. The van der Waals surface area contributed by atoms with Crippen molar-refractivity contribution >= 4 is 23.2 Å². The van der Waals surface area contributed by atoms with Gasteiger partial charge in [0, 0.05) is 19.8 Å². The van der Waals surface area contributed by atoms with E-state index in [0.29, 0.717) is 28.3 Å². The number of halogens is 2. The van der Waals surface area contributed by atoms with Crippen LogP contribution in [-0.2, 0) is 4.74 Å². The lowest BCUT2D eigenvalue weighted by molar-refractivity contribution is 0.0630. The van der Waals surface area contributed by atoms with Crippen LogP contribution in [0.4, 0.5) is 0 Å². The topological polar surface area (TPSA) is 50.7 Å². The molecule has 118 valence electrons. The molecule has 1 fully saturated rings. The van der Waals surface area contributed by atoms with E-state index >= 15 is 0 Å². The Morgan fingerprint density at radius 2 is 1.95 bits per heavy atom. The van der Waals surface area contributed by atoms with Crippen molar-refractivity contribution in [3.63, 3.8) is 0 Å². The van der Waals surface area contributed by atoms with Crippen LogP contribution in [0.25, 0.3) is 0 Å². The van der Waals surface area contributed by atoms with Crippen LogP contribution < -0.4 is 10.1 Å². The summed E-state index contributed by atoms with van der Waals surface area (Å²) in [7, 11) is 0. The number of hydrogen-bond acceptors (Lipinski definition) is 4. The molecule has 1 unspecified atom stereocenters. The van der Waals surface area contributed by atoms with E-state index in [2.05, 4.69) is 5.32 Å². The fourth-order valence-electron chi connectivity index (χ4n) is 2.26. The molecule has 0 bridgehead atoms. The Morgan fingerprint density at radius 1 is 1.29 bits per heavy atom. The van der Waals surface area contributed by atoms with Crippen LogP contribution in [0, 0.1) is 5.92 Å². The highest BCUT2D eigenvalue weighted by molar-refractivity contribution is 6.37. The number of nitrogens with one attached hydrogen (secondary N) is 1. The van der Waals surface area contributed by atoms with Crippen molar-refractivity contribution < 1.29 is 14.6 Å². The summed E-state index contributed by atoms with van der Waals surface area (Å²) in [6, 6.07) is 5.17. The third-order valence-corrected chi connectivity index (χ3v) is 4.09. The molecule has 1 aromatic rings. The van der Waals surface area contributed by atoms with Gasteiger partial charge in [0.1, 0.15) is 12.7 Å². The molecule has 4 nitrogen and oxygen atoms in total. The fourth-order valence-corrected chi connectivity index (χ4v) is 2.77. The molecule has 0 aromatic heterocycles. The van der Waals surface area contributed by atoms with Crippen LogP contribution in [0.15, 0.2) is 18.2 Å². The molecular weight excluding hydrogens is 313 g/mol. The molecule has 0 saturated carbocycles. The predicted molar refractivity (Wildman–Crippen MR) is 84.4 cm³/mol. The molecular formula is C15H21Cl2NO3. The Hall–Kier alpha value is -0.520. The molecule has 0 radical (unpaired) electrons. The summed E-state index contributed by atoms with van der Waals surface area (Å²) in [5.74, 6) is 1.05. The lowest BCUT2D eigenvalue weighted by Crippen LogP contribution is -2.35. The van der Waals surface area contributed by atoms with Crippen LogP contribution in [0.3, 0.4) is 0 Å². The van der Waals surface area contributed by atoms with Gasteiger partial charge in [0.15, 0.2) is 5.75 Å². The minimum absolute atomic E-state index is 0.157. The SMILES string of the molecule is OC(CNCC1CCOCC1)COc1c(Cl)cccc1Cl. The zero-order valence-electron chi connectivity index (χ0n) is 11.9. The zero-order chi connectivity index (χ0) is 15.1. The maximum atomic E-state index is 9.92. The maximum Gasteiger partial charge on any atom is 0.156 e. The molecule has 1 atom stereocenters. The van der Waals surface area contributed by atoms with E-state index in [4.69, 9.17) is 32.7 Å². The first-order valence-electron chi connectivity index (χ1n) is 7.20. The summed E-state index contributed by atoms with van der Waals surface area (Å²) < 4.78 is 10.8. The van der Waals surface area contributed by atoms with Gasteiger partial charge in [-0.25, -0.2) is 0 Å². The van der Waals surface area contributed by atoms with Crippen molar-refractivity contribution in [3.05, 3.63) is 28.2 Å². The van der Waals surface area contributed by atoms with Gasteiger partial charge >= 0.3 is 0 Å². The summed E-state index contributed by atoms with van der Waals surface area (Å²) in [6.45, 7) is 3.21. The predicted octanol–water partition coefficient (Wildman–Crippen LogP) is 2.75. The first kappa shape index (κ1) is 16.8. The monoisotopic (exact) mass is 333 g/mol. The highest BCUT2D eigenvalue weighted by atomic mass is 35.5. The van der Waals surface area contributed by atoms with Crippen LogP contribution in [-0.4, -0.2) is 44.1 Å². The Bertz CT molecular complexity index is 419. The Labute approximate surface area is 135 Å². The van der Waals surface area contributed by atoms with Crippen molar-refractivity contribution in [1.82, 2.24) is 5.32 Å². The highest BCUT2D eigenvalue weighted by Gasteiger charge is 2.14. The van der Waals surface area contributed by atoms with Crippen LogP contribution in [0.5, 0.6) is 5.75 Å². The van der Waals surface area contributed by atoms with Crippen LogP contribution in [0.2, 0.25) is 10.0 Å². The second-order valence-corrected chi connectivity index (χ2v) is 6.04. The van der Waals surface area contributed by atoms with Gasteiger partial charge in [0.25, 0.3) is 0 Å². The summed E-state index contributed by atoms with van der Waals surface area (Å²) in [4.78, 5) is 0. The van der Waals surface area contributed by atoms with Crippen molar-refractivity contribution in [2.45, 2.75) is 18.9 Å². The van der Waals surface area contributed by atoms with Crippen molar-refractivity contribution in [3.8, 4) is 5.75 Å². The molecule has 0 amide bonds. The van der Waals surface area contributed by atoms with Crippen LogP contribution in [0.1, 0.15) is 12.8 Å². The molecule has 1 saturated heterocycles. The smallest absolute Gasteiger partial charge is 0.156 e. The first-order chi connectivity index (χ1) is 10.2. The molecule has 1 heterocycles. The van der Waals surface area contributed by atoms with Gasteiger partial charge in [0.05, 0.1) is 10.0 Å². The van der Waals surface area contributed by atoms with E-state index in [9.17, 15) is 5.11 Å². The Kier molecular flexibility index (Phi) is 7.07. The molecule has 1 aromatic carbocycles. The highest BCUT2D eigenvalue weighted by Crippen LogP contribution is 2.32. The first-order valence-corrected chi connectivity index (χ1v) is 7.95. The number of para-hydroxylation sites is 1. The summed E-state index contributed by atoms with van der Waals surface area (Å²) >= 11 is 12.0. The number of aliphatic hydroxyl groups is 1. The van der Waals surface area contributed by atoms with Gasteiger partial charge < -0.3 is 19.9 Å². The van der Waals surface area contributed by atoms with Gasteiger partial charge in [-0.3, -0.25) is 0 Å². The maximum absolute atomic E-state index is 9.92. The fraction of sp³-hybridized carbons (Fsp3) is 0.600. The summed E-state index contributed by atoms with van der Waals surface area (Å²) in [5.41, 5.74) is 0. The average Bonchev–Trinajstić information content (AvgIpc) is 2.48. The molecule has 2 rings (SSSR count). The number of benzene rings is 1. The van der Waals surface area contributed by atoms with Gasteiger partial charge in [-0.05, 0) is 37.4 Å². The second kappa shape index (κ2) is 8.81. The molecule has 2 N–H and O–H groups in total. The van der Waals surface area contributed by atoms with Gasteiger partial charge in [-0.2, -0.15) is 0 Å². The molecule has 1 aliphatic heterocycles. The average molecular weight is 334 g/mol. The minimum Gasteiger partial charge on any atom is -0.488 e. The van der Waals surface area contributed by atoms with Crippen LogP contribution >= 0.6 is 23.2 Å². The molecule has 6 heteroatoms. The van der Waals surface area contributed by atoms with Gasteiger partial charge in [-0.15, -0.1) is 0 Å². The summed E-state index contributed by atoms with van der Waals surface area (Å²) in [5, 5.41) is 14.1. The quantitative estimate of drug-likeness (QED) is 0.805. The van der Waals surface area contributed by atoms with E-state index in [1.165, 1.54) is 0 Å². The number of aliphatic hydroxyl groups excluding tert-OH is 1. The lowest BCUT2D eigenvalue weighted by atomic mass is 10.0. The zero-order valence-corrected chi connectivity index (χ0v) is 13.4. The minimum atomic E-state index is -0.600. The third kappa shape index (κ3) is 5.64. The third-order valence-electron chi connectivity index (χ3n) is 3.49. The summed E-state index contributed by atoms with van der Waals surface area (Å²) in [6.07, 6.45) is 1.56. The second-order valence-electron chi connectivity index (χ2n) is 5.23. The van der Waals surface area contributed by atoms with Gasteiger partial charge in [0.2, 0.25) is 0 Å².